The number of nitrogens with zero attached hydrogens (tertiary/aromatic N) is 1. The third-order valence-electron chi connectivity index (χ3n) is 1.54. The van der Waals surface area contributed by atoms with Crippen LogP contribution in [0.25, 0.3) is 0 Å². The van der Waals surface area contributed by atoms with Crippen molar-refractivity contribution in [3.63, 3.8) is 0 Å². The Kier molecular flexibility index (Phi) is 2.70. The Morgan fingerprint density at radius 2 is 2.27 bits per heavy atom. The fourth-order valence-electron chi connectivity index (χ4n) is 0.955. The van der Waals surface area contributed by atoms with Crippen molar-refractivity contribution in [3.8, 4) is 0 Å². The molecule has 1 fully saturated rings. The van der Waals surface area contributed by atoms with Crippen molar-refractivity contribution >= 4 is 23.0 Å². The Morgan fingerprint density at radius 1 is 1.55 bits per heavy atom. The predicted molar refractivity (Wildman–Crippen MR) is 40.6 cm³/mol. The lowest BCUT2D eigenvalue weighted by atomic mass is 10.3. The molecule has 1 saturated heterocycles. The van der Waals surface area contributed by atoms with E-state index in [-0.39, 0.29) is 6.03 Å². The van der Waals surface area contributed by atoms with Crippen LogP contribution in [0.3, 0.4) is 0 Å². The van der Waals surface area contributed by atoms with Crippen LogP contribution in [0.15, 0.2) is 0 Å². The molecule has 0 aliphatic carbocycles. The molecule has 1 aliphatic rings. The summed E-state index contributed by atoms with van der Waals surface area (Å²) in [6.45, 7) is 1.05. The van der Waals surface area contributed by atoms with Crippen LogP contribution in [0.1, 0.15) is 12.8 Å². The first-order valence-electron chi connectivity index (χ1n) is 3.46. The molecular weight excluding hydrogens is 168 g/mol. The van der Waals surface area contributed by atoms with Gasteiger partial charge in [-0.25, -0.2) is 4.79 Å². The van der Waals surface area contributed by atoms with Gasteiger partial charge in [0, 0.05) is 13.1 Å². The summed E-state index contributed by atoms with van der Waals surface area (Å²) in [6, 6.07) is -0.387. The fourth-order valence-corrected chi connectivity index (χ4v) is 1.12. The van der Waals surface area contributed by atoms with Crippen LogP contribution in [0.2, 0.25) is 0 Å². The first kappa shape index (κ1) is 8.33. The van der Waals surface area contributed by atoms with Gasteiger partial charge in [0.05, 0.1) is 0 Å². The summed E-state index contributed by atoms with van der Waals surface area (Å²) >= 11 is 5.15. The van der Waals surface area contributed by atoms with Gasteiger partial charge < -0.3 is 5.32 Å². The topological polar surface area (TPSA) is 49.4 Å². The van der Waals surface area contributed by atoms with Crippen LogP contribution >= 0.6 is 11.6 Å². The van der Waals surface area contributed by atoms with Crippen LogP contribution in [-0.2, 0) is 0 Å². The lowest BCUT2D eigenvalue weighted by molar-refractivity contribution is 0.202. The predicted octanol–water partition coefficient (Wildman–Crippen LogP) is 1.15. The van der Waals surface area contributed by atoms with Crippen molar-refractivity contribution in [3.05, 3.63) is 0 Å². The minimum atomic E-state index is -0.704. The zero-order chi connectivity index (χ0) is 8.27. The fraction of sp³-hybridized carbons (Fsp3) is 0.667. The maximum atomic E-state index is 11.0. The zero-order valence-corrected chi connectivity index (χ0v) is 6.73. The largest absolute Gasteiger partial charge is 0.338 e. The minimum Gasteiger partial charge on any atom is -0.338 e. The number of urea groups is 1. The van der Waals surface area contributed by atoms with Crippen LogP contribution in [0, 0.1) is 0 Å². The molecule has 0 saturated carbocycles. The van der Waals surface area contributed by atoms with E-state index in [9.17, 15) is 9.59 Å². The molecule has 5 heteroatoms. The van der Waals surface area contributed by atoms with Gasteiger partial charge in [-0.3, -0.25) is 9.69 Å². The number of hydrogen-bond acceptors (Lipinski definition) is 2. The zero-order valence-electron chi connectivity index (χ0n) is 5.97. The molecule has 11 heavy (non-hydrogen) atoms. The molecule has 1 rings (SSSR count). The summed E-state index contributed by atoms with van der Waals surface area (Å²) in [5, 5.41) is 1.85. The van der Waals surface area contributed by atoms with Crippen molar-refractivity contribution in [2.75, 3.05) is 13.1 Å². The summed E-state index contributed by atoms with van der Waals surface area (Å²) in [7, 11) is 0. The van der Waals surface area contributed by atoms with Gasteiger partial charge in [0.15, 0.2) is 0 Å². The molecule has 0 aromatic rings. The summed E-state index contributed by atoms with van der Waals surface area (Å²) in [5.41, 5.74) is 0. The van der Waals surface area contributed by atoms with Gasteiger partial charge in [0.25, 0.3) is 0 Å². The summed E-state index contributed by atoms with van der Waals surface area (Å²) in [5.74, 6) is 0. The van der Waals surface area contributed by atoms with Gasteiger partial charge in [0.1, 0.15) is 0 Å². The third kappa shape index (κ3) is 2.08. The van der Waals surface area contributed by atoms with Crippen LogP contribution < -0.4 is 5.32 Å². The van der Waals surface area contributed by atoms with E-state index < -0.39 is 5.37 Å². The highest BCUT2D eigenvalue weighted by Crippen LogP contribution is 2.04. The lowest BCUT2D eigenvalue weighted by Crippen LogP contribution is -2.39. The summed E-state index contributed by atoms with van der Waals surface area (Å²) in [6.07, 6.45) is 1.71. The van der Waals surface area contributed by atoms with E-state index in [0.29, 0.717) is 13.1 Å². The number of rotatable bonds is 0. The molecule has 62 valence electrons. The lowest BCUT2D eigenvalue weighted by Gasteiger charge is -2.13. The van der Waals surface area contributed by atoms with Crippen molar-refractivity contribution in [1.82, 2.24) is 10.2 Å². The average molecular weight is 177 g/mol. The second kappa shape index (κ2) is 3.57. The number of nitrogens with one attached hydrogen (secondary N) is 1. The molecule has 0 aromatic carbocycles. The Balaban J connectivity index is 2.59. The molecule has 0 atom stereocenters. The Bertz CT molecular complexity index is 183. The first-order valence-corrected chi connectivity index (χ1v) is 3.84. The highest BCUT2D eigenvalue weighted by Gasteiger charge is 2.20. The van der Waals surface area contributed by atoms with Crippen molar-refractivity contribution in [1.29, 1.82) is 0 Å². The Labute approximate surface area is 69.5 Å². The maximum absolute atomic E-state index is 11.0. The minimum absolute atomic E-state index is 0.387. The molecular formula is C6H9ClN2O2. The Hall–Kier alpha value is -0.770. The molecule has 0 radical (unpaired) electrons. The molecule has 4 nitrogen and oxygen atoms in total. The standard InChI is InChI=1S/C6H9ClN2O2/c7-5(10)9-4-2-1-3-8-6(9)11/h1-4H2,(H,8,11). The Morgan fingerprint density at radius 3 is 2.91 bits per heavy atom. The van der Waals surface area contributed by atoms with E-state index in [1.807, 2.05) is 0 Å². The molecule has 0 bridgehead atoms. The van der Waals surface area contributed by atoms with Gasteiger partial charge in [0.2, 0.25) is 0 Å². The number of imide groups is 1. The highest BCUT2D eigenvalue weighted by atomic mass is 35.5. The van der Waals surface area contributed by atoms with Gasteiger partial charge in [-0.05, 0) is 24.4 Å². The summed E-state index contributed by atoms with van der Waals surface area (Å²) < 4.78 is 0. The second-order valence-electron chi connectivity index (χ2n) is 2.34. The van der Waals surface area contributed by atoms with E-state index >= 15 is 0 Å². The van der Waals surface area contributed by atoms with E-state index in [1.54, 1.807) is 0 Å². The molecule has 1 heterocycles. The number of hydrogen-bond donors (Lipinski definition) is 1. The third-order valence-corrected chi connectivity index (χ3v) is 1.75. The molecule has 0 unspecified atom stereocenters. The van der Waals surface area contributed by atoms with Crippen LogP contribution in [-0.4, -0.2) is 29.4 Å². The van der Waals surface area contributed by atoms with Gasteiger partial charge in [-0.2, -0.15) is 0 Å². The normalized spacial score (nSPS) is 19.0. The van der Waals surface area contributed by atoms with Crippen molar-refractivity contribution in [2.45, 2.75) is 12.8 Å². The van der Waals surface area contributed by atoms with Crippen LogP contribution in [0.4, 0.5) is 9.59 Å². The van der Waals surface area contributed by atoms with Gasteiger partial charge in [-0.15, -0.1) is 0 Å². The maximum Gasteiger partial charge on any atom is 0.325 e. The van der Waals surface area contributed by atoms with E-state index in [4.69, 9.17) is 11.6 Å². The molecule has 3 amide bonds. The number of halogens is 1. The van der Waals surface area contributed by atoms with Crippen molar-refractivity contribution in [2.24, 2.45) is 0 Å². The van der Waals surface area contributed by atoms with E-state index in [1.165, 1.54) is 0 Å². The summed E-state index contributed by atoms with van der Waals surface area (Å²) in [4.78, 5) is 22.6. The average Bonchev–Trinajstić information content (AvgIpc) is 2.13. The quantitative estimate of drug-likeness (QED) is 0.445. The second-order valence-corrected chi connectivity index (χ2v) is 2.67. The van der Waals surface area contributed by atoms with Crippen LogP contribution in [0.5, 0.6) is 0 Å². The van der Waals surface area contributed by atoms with Crippen molar-refractivity contribution < 1.29 is 9.59 Å². The number of carbonyl (C=O) groups excluding carboxylic acids is 2. The first-order chi connectivity index (χ1) is 5.22. The molecule has 1 aliphatic heterocycles. The number of amides is 3. The number of carbonyl (C=O) groups is 2. The highest BCUT2D eigenvalue weighted by molar-refractivity contribution is 6.64. The monoisotopic (exact) mass is 176 g/mol. The van der Waals surface area contributed by atoms with E-state index in [2.05, 4.69) is 5.32 Å². The molecule has 1 N–H and O–H groups in total. The molecule has 0 spiro atoms. The smallest absolute Gasteiger partial charge is 0.325 e. The molecule has 0 aromatic heterocycles. The SMILES string of the molecule is O=C(Cl)N1CCCCNC1=O. The van der Waals surface area contributed by atoms with Gasteiger partial charge >= 0.3 is 11.4 Å². The van der Waals surface area contributed by atoms with E-state index in [0.717, 1.165) is 17.7 Å². The van der Waals surface area contributed by atoms with Gasteiger partial charge in [-0.1, -0.05) is 0 Å².